The minimum atomic E-state index is -0.462. The van der Waals surface area contributed by atoms with E-state index in [1.807, 2.05) is 12.1 Å². The number of hydrogen-bond donors (Lipinski definition) is 1. The average Bonchev–Trinajstić information content (AvgIpc) is 2.55. The van der Waals surface area contributed by atoms with Gasteiger partial charge in [0.1, 0.15) is 0 Å². The van der Waals surface area contributed by atoms with E-state index >= 15 is 0 Å². The fraction of sp³-hybridized carbons (Fsp3) is 0.278. The Hall–Kier alpha value is -2.69. The van der Waals surface area contributed by atoms with Gasteiger partial charge in [-0.15, -0.1) is 0 Å². The summed E-state index contributed by atoms with van der Waals surface area (Å²) in [5.41, 5.74) is 4.10. The topological polar surface area (TPSA) is 72.2 Å². The molecule has 5 heteroatoms. The van der Waals surface area contributed by atoms with Crippen LogP contribution in [0.5, 0.6) is 0 Å². The first kappa shape index (κ1) is 15.2. The Labute approximate surface area is 134 Å². The number of carbonyl (C=O) groups is 1. The lowest BCUT2D eigenvalue weighted by Crippen LogP contribution is -2.15. The predicted molar refractivity (Wildman–Crippen MR) is 88.9 cm³/mol. The van der Waals surface area contributed by atoms with Gasteiger partial charge in [0, 0.05) is 22.9 Å². The maximum Gasteiger partial charge on any atom is 0.273 e. The average molecular weight is 310 g/mol. The van der Waals surface area contributed by atoms with E-state index in [0.717, 1.165) is 24.9 Å². The van der Waals surface area contributed by atoms with Crippen molar-refractivity contribution in [2.24, 2.45) is 0 Å². The molecule has 0 aromatic heterocycles. The Bertz CT molecular complexity index is 784. The Morgan fingerprint density at radius 1 is 1.17 bits per heavy atom. The number of aryl methyl sites for hydroxylation is 2. The zero-order chi connectivity index (χ0) is 16.4. The molecule has 0 saturated carbocycles. The highest BCUT2D eigenvalue weighted by molar-refractivity contribution is 6.05. The van der Waals surface area contributed by atoms with Crippen molar-refractivity contribution >= 4 is 17.3 Å². The number of amides is 1. The maximum absolute atomic E-state index is 12.5. The summed E-state index contributed by atoms with van der Waals surface area (Å²) < 4.78 is 0. The molecule has 2 aromatic rings. The number of rotatable bonds is 3. The summed E-state index contributed by atoms with van der Waals surface area (Å²) in [4.78, 5) is 23.0. The van der Waals surface area contributed by atoms with Gasteiger partial charge in [0.15, 0.2) is 0 Å². The van der Waals surface area contributed by atoms with Crippen LogP contribution in [0.1, 0.15) is 39.9 Å². The molecule has 1 N–H and O–H groups in total. The van der Waals surface area contributed by atoms with Gasteiger partial charge in [0.25, 0.3) is 11.6 Å². The zero-order valence-electron chi connectivity index (χ0n) is 13.0. The molecular weight excluding hydrogens is 292 g/mol. The number of anilines is 1. The second-order valence-electron chi connectivity index (χ2n) is 5.86. The highest BCUT2D eigenvalue weighted by Crippen LogP contribution is 2.28. The number of fused-ring (bicyclic) bond motifs is 1. The molecule has 1 aliphatic rings. The molecule has 0 spiro atoms. The van der Waals surface area contributed by atoms with Gasteiger partial charge in [-0.1, -0.05) is 18.2 Å². The van der Waals surface area contributed by atoms with E-state index in [9.17, 15) is 14.9 Å². The van der Waals surface area contributed by atoms with Crippen LogP contribution >= 0.6 is 0 Å². The summed E-state index contributed by atoms with van der Waals surface area (Å²) in [6.07, 6.45) is 4.29. The number of nitrogens with one attached hydrogen (secondary N) is 1. The minimum absolute atomic E-state index is 0.0345. The molecule has 118 valence electrons. The van der Waals surface area contributed by atoms with Crippen LogP contribution in [0, 0.1) is 17.0 Å². The molecule has 2 aromatic carbocycles. The van der Waals surface area contributed by atoms with Crippen LogP contribution in [-0.2, 0) is 12.8 Å². The second kappa shape index (κ2) is 6.20. The SMILES string of the molecule is Cc1ccc(C(=O)Nc2cccc3c2CCCC3)cc1[N+](=O)[O-]. The largest absolute Gasteiger partial charge is 0.322 e. The van der Waals surface area contributed by atoms with Crippen LogP contribution in [0.15, 0.2) is 36.4 Å². The standard InChI is InChI=1S/C18H18N2O3/c1-12-9-10-14(11-17(12)20(22)23)18(21)19-16-8-4-6-13-5-2-3-7-15(13)16/h4,6,8-11H,2-3,5,7H2,1H3,(H,19,21). The molecule has 0 radical (unpaired) electrons. The third-order valence-electron chi connectivity index (χ3n) is 4.31. The summed E-state index contributed by atoms with van der Waals surface area (Å²) in [5, 5.41) is 13.9. The summed E-state index contributed by atoms with van der Waals surface area (Å²) >= 11 is 0. The highest BCUT2D eigenvalue weighted by Gasteiger charge is 2.18. The fourth-order valence-corrected chi connectivity index (χ4v) is 3.04. The zero-order valence-corrected chi connectivity index (χ0v) is 13.0. The molecule has 0 fully saturated rings. The van der Waals surface area contributed by atoms with E-state index in [1.165, 1.54) is 23.6 Å². The quantitative estimate of drug-likeness (QED) is 0.687. The molecule has 0 unspecified atom stereocenters. The molecule has 0 bridgehead atoms. The van der Waals surface area contributed by atoms with E-state index in [1.54, 1.807) is 19.1 Å². The highest BCUT2D eigenvalue weighted by atomic mass is 16.6. The van der Waals surface area contributed by atoms with Crippen molar-refractivity contribution in [3.05, 3.63) is 68.8 Å². The lowest BCUT2D eigenvalue weighted by atomic mass is 9.90. The molecule has 3 rings (SSSR count). The summed E-state index contributed by atoms with van der Waals surface area (Å²) in [6, 6.07) is 10.5. The van der Waals surface area contributed by atoms with Crippen molar-refractivity contribution in [2.45, 2.75) is 32.6 Å². The first-order valence-corrected chi connectivity index (χ1v) is 7.73. The van der Waals surface area contributed by atoms with Crippen molar-refractivity contribution in [1.82, 2.24) is 0 Å². The van der Waals surface area contributed by atoms with Crippen LogP contribution in [-0.4, -0.2) is 10.8 Å². The fourth-order valence-electron chi connectivity index (χ4n) is 3.04. The molecule has 1 aliphatic carbocycles. The maximum atomic E-state index is 12.5. The van der Waals surface area contributed by atoms with Crippen LogP contribution in [0.3, 0.4) is 0 Å². The Morgan fingerprint density at radius 3 is 2.74 bits per heavy atom. The summed E-state index contributed by atoms with van der Waals surface area (Å²) in [6.45, 7) is 1.66. The van der Waals surface area contributed by atoms with E-state index < -0.39 is 4.92 Å². The number of carbonyl (C=O) groups excluding carboxylic acids is 1. The van der Waals surface area contributed by atoms with Crippen molar-refractivity contribution < 1.29 is 9.72 Å². The number of nitro groups is 1. The van der Waals surface area contributed by atoms with Gasteiger partial charge in [0.2, 0.25) is 0 Å². The third-order valence-corrected chi connectivity index (χ3v) is 4.31. The van der Waals surface area contributed by atoms with Gasteiger partial charge in [-0.3, -0.25) is 14.9 Å². The monoisotopic (exact) mass is 310 g/mol. The smallest absolute Gasteiger partial charge is 0.273 e. The lowest BCUT2D eigenvalue weighted by Gasteiger charge is -2.19. The molecule has 0 saturated heterocycles. The van der Waals surface area contributed by atoms with Gasteiger partial charge < -0.3 is 5.32 Å². The number of hydrogen-bond acceptors (Lipinski definition) is 3. The third kappa shape index (κ3) is 3.08. The first-order chi connectivity index (χ1) is 11.1. The molecule has 0 heterocycles. The molecule has 1 amide bonds. The Balaban J connectivity index is 1.88. The second-order valence-corrected chi connectivity index (χ2v) is 5.86. The molecular formula is C18H18N2O3. The van der Waals surface area contributed by atoms with Crippen LogP contribution in [0.25, 0.3) is 0 Å². The van der Waals surface area contributed by atoms with Crippen LogP contribution in [0.2, 0.25) is 0 Å². The Morgan fingerprint density at radius 2 is 1.96 bits per heavy atom. The number of nitrogens with zero attached hydrogens (tertiary/aromatic N) is 1. The van der Waals surface area contributed by atoms with Gasteiger partial charge in [-0.25, -0.2) is 0 Å². The number of benzene rings is 2. The molecule has 0 atom stereocenters. The first-order valence-electron chi connectivity index (χ1n) is 7.73. The van der Waals surface area contributed by atoms with Gasteiger partial charge in [-0.2, -0.15) is 0 Å². The van der Waals surface area contributed by atoms with Crippen molar-refractivity contribution in [2.75, 3.05) is 5.32 Å². The lowest BCUT2D eigenvalue weighted by molar-refractivity contribution is -0.385. The summed E-state index contributed by atoms with van der Waals surface area (Å²) in [5.74, 6) is -0.313. The van der Waals surface area contributed by atoms with E-state index in [-0.39, 0.29) is 11.6 Å². The van der Waals surface area contributed by atoms with Crippen molar-refractivity contribution in [3.63, 3.8) is 0 Å². The van der Waals surface area contributed by atoms with Crippen molar-refractivity contribution in [1.29, 1.82) is 0 Å². The molecule has 5 nitrogen and oxygen atoms in total. The van der Waals surface area contributed by atoms with Gasteiger partial charge in [-0.05, 0) is 55.9 Å². The predicted octanol–water partition coefficient (Wildman–Crippen LogP) is 4.03. The minimum Gasteiger partial charge on any atom is -0.322 e. The van der Waals surface area contributed by atoms with Gasteiger partial charge >= 0.3 is 0 Å². The van der Waals surface area contributed by atoms with E-state index in [4.69, 9.17) is 0 Å². The molecule has 0 aliphatic heterocycles. The number of nitro benzene ring substituents is 1. The van der Waals surface area contributed by atoms with Crippen LogP contribution in [0.4, 0.5) is 11.4 Å². The van der Waals surface area contributed by atoms with E-state index in [2.05, 4.69) is 11.4 Å². The van der Waals surface area contributed by atoms with Crippen molar-refractivity contribution in [3.8, 4) is 0 Å². The summed E-state index contributed by atoms with van der Waals surface area (Å²) in [7, 11) is 0. The van der Waals surface area contributed by atoms with E-state index in [0.29, 0.717) is 11.1 Å². The normalized spacial score (nSPS) is 13.3. The Kier molecular flexibility index (Phi) is 4.10. The molecule has 23 heavy (non-hydrogen) atoms. The van der Waals surface area contributed by atoms with Crippen LogP contribution < -0.4 is 5.32 Å². The van der Waals surface area contributed by atoms with Gasteiger partial charge in [0.05, 0.1) is 4.92 Å².